The van der Waals surface area contributed by atoms with Gasteiger partial charge in [0.15, 0.2) is 24.7 Å². The van der Waals surface area contributed by atoms with E-state index in [1.807, 2.05) is 43.3 Å². The fourth-order valence-corrected chi connectivity index (χ4v) is 2.31. The number of rotatable bonds is 8. The molecule has 0 N–H and O–H groups in total. The molecule has 0 aromatic heterocycles. The Bertz CT molecular complexity index is 801. The van der Waals surface area contributed by atoms with Crippen molar-refractivity contribution in [2.45, 2.75) is 6.92 Å². The molecule has 142 valence electrons. The number of hydrogen-bond acceptors (Lipinski definition) is 5. The van der Waals surface area contributed by atoms with Crippen LogP contribution in [0.1, 0.15) is 12.5 Å². The summed E-state index contributed by atoms with van der Waals surface area (Å²) < 4.78 is 15.7. The number of benzene rings is 2. The van der Waals surface area contributed by atoms with E-state index in [9.17, 15) is 9.59 Å². The third-order valence-corrected chi connectivity index (χ3v) is 3.77. The van der Waals surface area contributed by atoms with Gasteiger partial charge in [-0.2, -0.15) is 0 Å². The lowest BCUT2D eigenvalue weighted by Crippen LogP contribution is -2.31. The van der Waals surface area contributed by atoms with Crippen LogP contribution in [0.2, 0.25) is 0 Å². The van der Waals surface area contributed by atoms with E-state index in [0.29, 0.717) is 11.5 Å². The molecule has 0 fully saturated rings. The summed E-state index contributed by atoms with van der Waals surface area (Å²) in [4.78, 5) is 25.4. The van der Waals surface area contributed by atoms with E-state index in [1.54, 1.807) is 31.3 Å². The number of nitrogens with zero attached hydrogens (tertiary/aromatic N) is 1. The molecule has 27 heavy (non-hydrogen) atoms. The molecule has 0 radical (unpaired) electrons. The van der Waals surface area contributed by atoms with Crippen molar-refractivity contribution < 1.29 is 23.8 Å². The first-order valence-corrected chi connectivity index (χ1v) is 8.46. The molecule has 1 amide bonds. The Morgan fingerprint density at radius 1 is 1.04 bits per heavy atom. The second-order valence-electron chi connectivity index (χ2n) is 5.65. The van der Waals surface area contributed by atoms with Gasteiger partial charge in [0.25, 0.3) is 5.91 Å². The number of allylic oxidation sites excluding steroid dienone is 1. The Hall–Kier alpha value is -3.28. The van der Waals surface area contributed by atoms with Gasteiger partial charge in [0, 0.05) is 12.7 Å². The van der Waals surface area contributed by atoms with E-state index in [-0.39, 0.29) is 19.1 Å². The number of para-hydroxylation sites is 1. The van der Waals surface area contributed by atoms with E-state index >= 15 is 0 Å². The Morgan fingerprint density at radius 3 is 2.44 bits per heavy atom. The molecule has 2 aromatic carbocycles. The zero-order valence-electron chi connectivity index (χ0n) is 15.7. The molecular formula is C21H23NO5. The minimum Gasteiger partial charge on any atom is -0.493 e. The van der Waals surface area contributed by atoms with Crippen molar-refractivity contribution in [1.29, 1.82) is 0 Å². The fraction of sp³-hybridized carbons (Fsp3) is 0.238. The number of ether oxygens (including phenoxy) is 3. The van der Waals surface area contributed by atoms with Gasteiger partial charge in [-0.25, -0.2) is 4.79 Å². The zero-order valence-corrected chi connectivity index (χ0v) is 15.7. The van der Waals surface area contributed by atoms with E-state index in [4.69, 9.17) is 14.2 Å². The molecule has 0 atom stereocenters. The van der Waals surface area contributed by atoms with Gasteiger partial charge in [-0.3, -0.25) is 4.79 Å². The van der Waals surface area contributed by atoms with Crippen molar-refractivity contribution in [3.63, 3.8) is 0 Å². The van der Waals surface area contributed by atoms with Crippen LogP contribution >= 0.6 is 0 Å². The Balaban J connectivity index is 1.85. The van der Waals surface area contributed by atoms with E-state index in [2.05, 4.69) is 0 Å². The van der Waals surface area contributed by atoms with Crippen molar-refractivity contribution in [1.82, 2.24) is 0 Å². The lowest BCUT2D eigenvalue weighted by Gasteiger charge is -2.17. The molecule has 0 bridgehead atoms. The number of likely N-dealkylation sites (N-methyl/N-ethyl adjacent to an activating group) is 1. The van der Waals surface area contributed by atoms with Crippen LogP contribution in [-0.2, 0) is 14.3 Å². The Kier molecular flexibility index (Phi) is 7.43. The molecule has 0 unspecified atom stereocenters. The molecule has 6 heteroatoms. The van der Waals surface area contributed by atoms with Crippen LogP contribution in [0.3, 0.4) is 0 Å². The monoisotopic (exact) mass is 369 g/mol. The molecule has 0 spiro atoms. The molecule has 2 rings (SSSR count). The molecule has 2 aromatic rings. The van der Waals surface area contributed by atoms with Gasteiger partial charge in [0.05, 0.1) is 7.11 Å². The van der Waals surface area contributed by atoms with E-state index in [0.717, 1.165) is 11.3 Å². The third kappa shape index (κ3) is 5.88. The largest absolute Gasteiger partial charge is 0.493 e. The number of carbonyl (C=O) groups is 2. The summed E-state index contributed by atoms with van der Waals surface area (Å²) in [5.74, 6) is -0.0269. The summed E-state index contributed by atoms with van der Waals surface area (Å²) in [5.41, 5.74) is 1.68. The second kappa shape index (κ2) is 10.0. The Morgan fingerprint density at radius 2 is 1.78 bits per heavy atom. The highest BCUT2D eigenvalue weighted by atomic mass is 16.6. The van der Waals surface area contributed by atoms with Gasteiger partial charge in [0.1, 0.15) is 0 Å². The van der Waals surface area contributed by atoms with Crippen molar-refractivity contribution in [2.75, 3.05) is 32.3 Å². The fourth-order valence-electron chi connectivity index (χ4n) is 2.31. The van der Waals surface area contributed by atoms with Gasteiger partial charge >= 0.3 is 5.97 Å². The first-order chi connectivity index (χ1) is 13.0. The first kappa shape index (κ1) is 20.0. The summed E-state index contributed by atoms with van der Waals surface area (Å²) in [6.45, 7) is 1.25. The van der Waals surface area contributed by atoms with Gasteiger partial charge in [0.2, 0.25) is 0 Å². The molecule has 0 heterocycles. The van der Waals surface area contributed by atoms with Crippen LogP contribution in [0.4, 0.5) is 5.69 Å². The highest BCUT2D eigenvalue weighted by molar-refractivity contribution is 5.94. The number of amides is 1. The predicted molar refractivity (Wildman–Crippen MR) is 104 cm³/mol. The summed E-state index contributed by atoms with van der Waals surface area (Å²) in [5, 5.41) is 0. The number of methoxy groups -OCH3 is 1. The predicted octanol–water partition coefficient (Wildman–Crippen LogP) is 3.31. The molecule has 6 nitrogen and oxygen atoms in total. The average Bonchev–Trinajstić information content (AvgIpc) is 2.71. The van der Waals surface area contributed by atoms with Crippen LogP contribution in [-0.4, -0.2) is 39.2 Å². The standard InChI is InChI=1S/C21H23NO5/c1-4-8-16-11-12-18(19(13-16)25-3)26-15-21(24)27-14-20(23)22(2)17-9-6-5-7-10-17/h4-13H,14-15H2,1-3H3/b8-4+. The van der Waals surface area contributed by atoms with Crippen molar-refractivity contribution >= 4 is 23.6 Å². The third-order valence-electron chi connectivity index (χ3n) is 3.77. The van der Waals surface area contributed by atoms with Crippen molar-refractivity contribution in [2.24, 2.45) is 0 Å². The second-order valence-corrected chi connectivity index (χ2v) is 5.65. The minimum atomic E-state index is -0.635. The molecule has 0 saturated heterocycles. The van der Waals surface area contributed by atoms with Gasteiger partial charge in [-0.05, 0) is 36.8 Å². The first-order valence-electron chi connectivity index (χ1n) is 8.46. The highest BCUT2D eigenvalue weighted by Gasteiger charge is 2.14. The lowest BCUT2D eigenvalue weighted by molar-refractivity contribution is -0.149. The summed E-state index contributed by atoms with van der Waals surface area (Å²) in [6, 6.07) is 14.5. The van der Waals surface area contributed by atoms with Crippen molar-refractivity contribution in [3.8, 4) is 11.5 Å². The summed E-state index contributed by atoms with van der Waals surface area (Å²) in [6.07, 6.45) is 3.84. The van der Waals surface area contributed by atoms with E-state index in [1.165, 1.54) is 12.0 Å². The minimum absolute atomic E-state index is 0.318. The summed E-state index contributed by atoms with van der Waals surface area (Å²) >= 11 is 0. The van der Waals surface area contributed by atoms with Crippen LogP contribution < -0.4 is 14.4 Å². The normalized spacial score (nSPS) is 10.5. The molecule has 0 aliphatic rings. The smallest absolute Gasteiger partial charge is 0.344 e. The maximum Gasteiger partial charge on any atom is 0.344 e. The quantitative estimate of drug-likeness (QED) is 0.668. The lowest BCUT2D eigenvalue weighted by atomic mass is 10.2. The highest BCUT2D eigenvalue weighted by Crippen LogP contribution is 2.28. The number of anilines is 1. The number of hydrogen-bond donors (Lipinski definition) is 0. The molecule has 0 saturated carbocycles. The summed E-state index contributed by atoms with van der Waals surface area (Å²) in [7, 11) is 3.15. The number of carbonyl (C=O) groups excluding carboxylic acids is 2. The van der Waals surface area contributed by atoms with Gasteiger partial charge in [-0.15, -0.1) is 0 Å². The Labute approximate surface area is 159 Å². The average molecular weight is 369 g/mol. The van der Waals surface area contributed by atoms with Crippen LogP contribution in [0.25, 0.3) is 6.08 Å². The van der Waals surface area contributed by atoms with Crippen LogP contribution in [0, 0.1) is 0 Å². The maximum atomic E-state index is 12.1. The van der Waals surface area contributed by atoms with Crippen LogP contribution in [0.5, 0.6) is 11.5 Å². The van der Waals surface area contributed by atoms with Crippen molar-refractivity contribution in [3.05, 3.63) is 60.2 Å². The topological polar surface area (TPSA) is 65.1 Å². The molecule has 0 aliphatic carbocycles. The maximum absolute atomic E-state index is 12.1. The van der Waals surface area contributed by atoms with Gasteiger partial charge in [-0.1, -0.05) is 36.4 Å². The van der Waals surface area contributed by atoms with E-state index < -0.39 is 5.97 Å². The SMILES string of the molecule is C/C=C/c1ccc(OCC(=O)OCC(=O)N(C)c2ccccc2)c(OC)c1. The number of esters is 1. The van der Waals surface area contributed by atoms with Gasteiger partial charge < -0.3 is 19.1 Å². The molecular weight excluding hydrogens is 346 g/mol. The molecule has 0 aliphatic heterocycles. The zero-order chi connectivity index (χ0) is 19.6. The van der Waals surface area contributed by atoms with Crippen LogP contribution in [0.15, 0.2) is 54.6 Å².